The molecule has 3 aromatic rings. The van der Waals surface area contributed by atoms with Crippen molar-refractivity contribution in [3.05, 3.63) is 89.2 Å². The molecule has 0 aliphatic rings. The van der Waals surface area contributed by atoms with E-state index in [2.05, 4.69) is 5.32 Å². The van der Waals surface area contributed by atoms with Gasteiger partial charge in [0.05, 0.1) is 17.2 Å². The number of para-hydroxylation sites is 2. The number of hydrogen-bond acceptors (Lipinski definition) is 5. The minimum Gasteiger partial charge on any atom is -0.492 e. The van der Waals surface area contributed by atoms with E-state index < -0.39 is 34.3 Å². The van der Waals surface area contributed by atoms with Gasteiger partial charge in [0.15, 0.2) is 0 Å². The van der Waals surface area contributed by atoms with Crippen LogP contribution in [0.5, 0.6) is 5.75 Å². The van der Waals surface area contributed by atoms with E-state index in [-0.39, 0.29) is 47.9 Å². The van der Waals surface area contributed by atoms with E-state index in [1.807, 2.05) is 13.8 Å². The smallest absolute Gasteiger partial charge is 0.264 e. The molecule has 3 aromatic carbocycles. The van der Waals surface area contributed by atoms with Gasteiger partial charge in [-0.05, 0) is 80.8 Å². The highest BCUT2D eigenvalue weighted by molar-refractivity contribution is 7.92. The number of amides is 2. The Balaban J connectivity index is 2.10. The van der Waals surface area contributed by atoms with Crippen molar-refractivity contribution in [3.8, 4) is 5.75 Å². The molecular weight excluding hydrogens is 581 g/mol. The first-order valence-corrected chi connectivity index (χ1v) is 15.7. The lowest BCUT2D eigenvalue weighted by atomic mass is 10.1. The minimum absolute atomic E-state index is 0.0342. The van der Waals surface area contributed by atoms with Crippen LogP contribution >= 0.6 is 11.6 Å². The van der Waals surface area contributed by atoms with Gasteiger partial charge in [0.25, 0.3) is 10.0 Å². The van der Waals surface area contributed by atoms with E-state index in [1.165, 1.54) is 53.4 Å². The molecule has 3 rings (SSSR count). The predicted molar refractivity (Wildman–Crippen MR) is 163 cm³/mol. The van der Waals surface area contributed by atoms with Crippen LogP contribution in [0.1, 0.15) is 46.1 Å². The van der Waals surface area contributed by atoms with Crippen molar-refractivity contribution in [2.24, 2.45) is 0 Å². The molecule has 2 amide bonds. The number of carbonyl (C=O) groups excluding carboxylic acids is 2. The Labute approximate surface area is 252 Å². The van der Waals surface area contributed by atoms with Gasteiger partial charge in [-0.3, -0.25) is 13.9 Å². The zero-order valence-corrected chi connectivity index (χ0v) is 25.8. The molecule has 1 N–H and O–H groups in total. The van der Waals surface area contributed by atoms with Crippen LogP contribution < -0.4 is 14.4 Å². The van der Waals surface area contributed by atoms with Crippen molar-refractivity contribution < 1.29 is 27.1 Å². The molecule has 0 bridgehead atoms. The fourth-order valence-corrected chi connectivity index (χ4v) is 5.89. The van der Waals surface area contributed by atoms with Crippen LogP contribution in [0, 0.1) is 5.82 Å². The molecule has 0 heterocycles. The molecule has 0 aliphatic carbocycles. The highest BCUT2D eigenvalue weighted by Crippen LogP contribution is 2.33. The van der Waals surface area contributed by atoms with Gasteiger partial charge in [-0.2, -0.15) is 0 Å². The Hall–Kier alpha value is -3.63. The van der Waals surface area contributed by atoms with E-state index in [0.29, 0.717) is 17.0 Å². The standard InChI is InChI=1S/C31H37ClFN3O5S/c1-5-22(4)34-31(38)27(6-2)35(20-23-12-16-25(33)17-13-23)30(37)21-36(28-10-8-9-11-29(28)41-7-3)42(39,40)26-18-14-24(32)15-19-26/h8-19,22,27H,5-7,20-21H2,1-4H3,(H,34,38)/t22-,27+/m1/s1. The lowest BCUT2D eigenvalue weighted by molar-refractivity contribution is -0.140. The van der Waals surface area contributed by atoms with Gasteiger partial charge in [0.2, 0.25) is 11.8 Å². The molecule has 0 radical (unpaired) electrons. The molecule has 226 valence electrons. The summed E-state index contributed by atoms with van der Waals surface area (Å²) in [5.74, 6) is -1.14. The zero-order chi connectivity index (χ0) is 30.9. The molecular formula is C31H37ClFN3O5S. The first-order chi connectivity index (χ1) is 20.0. The monoisotopic (exact) mass is 617 g/mol. The second kappa shape index (κ2) is 15.0. The van der Waals surface area contributed by atoms with Gasteiger partial charge in [0, 0.05) is 17.6 Å². The van der Waals surface area contributed by atoms with Crippen molar-refractivity contribution in [2.45, 2.75) is 64.1 Å². The second-order valence-electron chi connectivity index (χ2n) is 9.76. The van der Waals surface area contributed by atoms with Gasteiger partial charge in [-0.15, -0.1) is 0 Å². The summed E-state index contributed by atoms with van der Waals surface area (Å²) in [5.41, 5.74) is 0.753. The van der Waals surface area contributed by atoms with Gasteiger partial charge >= 0.3 is 0 Å². The summed E-state index contributed by atoms with van der Waals surface area (Å²) in [6.07, 6.45) is 0.962. The summed E-state index contributed by atoms with van der Waals surface area (Å²) in [7, 11) is -4.30. The first kappa shape index (κ1) is 32.9. The SMILES string of the molecule is CCOc1ccccc1N(CC(=O)N(Cc1ccc(F)cc1)[C@@H](CC)C(=O)N[C@H](C)CC)S(=O)(=O)c1ccc(Cl)cc1. The number of rotatable bonds is 14. The van der Waals surface area contributed by atoms with Crippen molar-refractivity contribution in [2.75, 3.05) is 17.5 Å². The van der Waals surface area contributed by atoms with Crippen LogP contribution in [-0.2, 0) is 26.2 Å². The summed E-state index contributed by atoms with van der Waals surface area (Å²) in [5, 5.41) is 3.28. The van der Waals surface area contributed by atoms with Gasteiger partial charge < -0.3 is 15.0 Å². The van der Waals surface area contributed by atoms with Crippen molar-refractivity contribution in [1.82, 2.24) is 10.2 Å². The molecule has 0 aliphatic heterocycles. The van der Waals surface area contributed by atoms with Crippen molar-refractivity contribution >= 4 is 39.1 Å². The van der Waals surface area contributed by atoms with Gasteiger partial charge in [-0.1, -0.05) is 49.7 Å². The Morgan fingerprint density at radius 3 is 2.19 bits per heavy atom. The molecule has 0 saturated heterocycles. The van der Waals surface area contributed by atoms with Gasteiger partial charge in [0.1, 0.15) is 24.2 Å². The first-order valence-electron chi connectivity index (χ1n) is 13.9. The van der Waals surface area contributed by atoms with Crippen LogP contribution in [0.3, 0.4) is 0 Å². The fourth-order valence-electron chi connectivity index (χ4n) is 4.33. The summed E-state index contributed by atoms with van der Waals surface area (Å²) < 4.78 is 48.5. The normalized spacial score (nSPS) is 12.7. The van der Waals surface area contributed by atoms with Crippen LogP contribution in [0.2, 0.25) is 5.02 Å². The number of nitrogens with zero attached hydrogens (tertiary/aromatic N) is 2. The van der Waals surface area contributed by atoms with Crippen molar-refractivity contribution in [3.63, 3.8) is 0 Å². The topological polar surface area (TPSA) is 96.0 Å². The van der Waals surface area contributed by atoms with Crippen LogP contribution in [-0.4, -0.2) is 50.4 Å². The Bertz CT molecular complexity index is 1450. The third-order valence-corrected chi connectivity index (χ3v) is 8.79. The number of anilines is 1. The van der Waals surface area contributed by atoms with Crippen molar-refractivity contribution in [1.29, 1.82) is 0 Å². The predicted octanol–water partition coefficient (Wildman–Crippen LogP) is 5.80. The Morgan fingerprint density at radius 1 is 0.952 bits per heavy atom. The van der Waals surface area contributed by atoms with Crippen LogP contribution in [0.4, 0.5) is 10.1 Å². The summed E-state index contributed by atoms with van der Waals surface area (Å²) in [6, 6.07) is 16.7. The van der Waals surface area contributed by atoms with E-state index in [9.17, 15) is 22.4 Å². The highest BCUT2D eigenvalue weighted by Gasteiger charge is 2.35. The maximum atomic E-state index is 14.2. The molecule has 0 spiro atoms. The van der Waals surface area contributed by atoms with E-state index in [1.54, 1.807) is 38.1 Å². The lowest BCUT2D eigenvalue weighted by Gasteiger charge is -2.34. The molecule has 0 saturated carbocycles. The molecule has 42 heavy (non-hydrogen) atoms. The zero-order valence-electron chi connectivity index (χ0n) is 24.2. The average Bonchev–Trinajstić information content (AvgIpc) is 2.97. The maximum Gasteiger partial charge on any atom is 0.264 e. The quantitative estimate of drug-likeness (QED) is 0.247. The second-order valence-corrected chi connectivity index (χ2v) is 12.1. The van der Waals surface area contributed by atoms with Crippen LogP contribution in [0.25, 0.3) is 0 Å². The summed E-state index contributed by atoms with van der Waals surface area (Å²) in [4.78, 5) is 28.8. The molecule has 8 nitrogen and oxygen atoms in total. The fraction of sp³-hybridized carbons (Fsp3) is 0.355. The highest BCUT2D eigenvalue weighted by atomic mass is 35.5. The average molecular weight is 618 g/mol. The number of hydrogen-bond donors (Lipinski definition) is 1. The third kappa shape index (κ3) is 8.23. The molecule has 0 aromatic heterocycles. The minimum atomic E-state index is -4.30. The molecule has 0 unspecified atom stereocenters. The molecule has 0 fully saturated rings. The largest absolute Gasteiger partial charge is 0.492 e. The summed E-state index contributed by atoms with van der Waals surface area (Å²) in [6.45, 7) is 6.95. The van der Waals surface area contributed by atoms with Crippen LogP contribution in [0.15, 0.2) is 77.7 Å². The molecule has 2 atom stereocenters. The number of sulfonamides is 1. The number of carbonyl (C=O) groups is 2. The number of halogens is 2. The summed E-state index contributed by atoms with van der Waals surface area (Å²) >= 11 is 6.01. The number of ether oxygens (including phenoxy) is 1. The Morgan fingerprint density at radius 2 is 1.60 bits per heavy atom. The molecule has 11 heteroatoms. The lowest BCUT2D eigenvalue weighted by Crippen LogP contribution is -2.53. The van der Waals surface area contributed by atoms with E-state index >= 15 is 0 Å². The number of nitrogens with one attached hydrogen (secondary N) is 1. The third-order valence-electron chi connectivity index (χ3n) is 6.77. The van der Waals surface area contributed by atoms with Gasteiger partial charge in [-0.25, -0.2) is 12.8 Å². The maximum absolute atomic E-state index is 14.2. The Kier molecular flexibility index (Phi) is 11.8. The van der Waals surface area contributed by atoms with E-state index in [0.717, 1.165) is 4.31 Å². The van der Waals surface area contributed by atoms with E-state index in [4.69, 9.17) is 16.3 Å². The number of benzene rings is 3.